The Kier molecular flexibility index (Phi) is 4.01. The van der Waals surface area contributed by atoms with Crippen LogP contribution in [0.1, 0.15) is 20.9 Å². The molecule has 0 atom stereocenters. The summed E-state index contributed by atoms with van der Waals surface area (Å²) in [6.45, 7) is 2.17. The molecule has 2 rings (SSSR count). The summed E-state index contributed by atoms with van der Waals surface area (Å²) >= 11 is 1.32. The number of phenols is 1. The van der Waals surface area contributed by atoms with Gasteiger partial charge >= 0.3 is 0 Å². The third-order valence-corrected chi connectivity index (χ3v) is 3.58. The van der Waals surface area contributed by atoms with Crippen molar-refractivity contribution in [3.8, 4) is 11.5 Å². The highest BCUT2D eigenvalue weighted by Gasteiger charge is 2.11. The van der Waals surface area contributed by atoms with Gasteiger partial charge in [-0.3, -0.25) is 4.79 Å². The van der Waals surface area contributed by atoms with Crippen LogP contribution in [-0.4, -0.2) is 23.1 Å². The molecule has 0 spiro atoms. The number of nitrogens with zero attached hydrogens (tertiary/aromatic N) is 1. The maximum Gasteiger partial charge on any atom is 0.263 e. The summed E-state index contributed by atoms with van der Waals surface area (Å²) in [5.74, 6) is 0.323. The lowest BCUT2D eigenvalue weighted by atomic mass is 10.2. The molecule has 1 heterocycles. The number of thiazole rings is 1. The Morgan fingerprint density at radius 3 is 2.95 bits per heavy atom. The first-order valence-electron chi connectivity index (χ1n) is 5.66. The Bertz CT molecular complexity index is 595. The van der Waals surface area contributed by atoms with E-state index in [2.05, 4.69) is 10.3 Å². The van der Waals surface area contributed by atoms with Crippen molar-refractivity contribution in [2.24, 2.45) is 0 Å². The van der Waals surface area contributed by atoms with Crippen LogP contribution in [0.25, 0.3) is 0 Å². The molecule has 100 valence electrons. The molecule has 19 heavy (non-hydrogen) atoms. The molecule has 0 aliphatic heterocycles. The Morgan fingerprint density at radius 2 is 2.32 bits per heavy atom. The highest BCUT2D eigenvalue weighted by molar-refractivity contribution is 7.11. The molecular formula is C13H14N2O3S. The molecular weight excluding hydrogens is 264 g/mol. The lowest BCUT2D eigenvalue weighted by molar-refractivity contribution is 0.0954. The first-order valence-corrected chi connectivity index (χ1v) is 6.54. The molecule has 0 radical (unpaired) electrons. The van der Waals surface area contributed by atoms with Crippen LogP contribution in [0.2, 0.25) is 0 Å². The molecule has 1 aromatic heterocycles. The lowest BCUT2D eigenvalue weighted by Crippen LogP contribution is -2.22. The van der Waals surface area contributed by atoms with E-state index >= 15 is 0 Å². The molecule has 0 fully saturated rings. The van der Waals surface area contributed by atoms with Crippen LogP contribution in [0.15, 0.2) is 23.7 Å². The number of rotatable bonds is 4. The minimum atomic E-state index is -0.146. The number of aromatic hydroxyl groups is 1. The van der Waals surface area contributed by atoms with E-state index in [0.717, 1.165) is 11.3 Å². The molecule has 2 N–H and O–H groups in total. The Labute approximate surface area is 114 Å². The highest BCUT2D eigenvalue weighted by Crippen LogP contribution is 2.26. The minimum Gasteiger partial charge on any atom is -0.504 e. The molecule has 6 heteroatoms. The zero-order valence-electron chi connectivity index (χ0n) is 10.6. The molecule has 0 saturated heterocycles. The summed E-state index contributed by atoms with van der Waals surface area (Å²) in [6, 6.07) is 4.96. The van der Waals surface area contributed by atoms with Gasteiger partial charge in [0.1, 0.15) is 4.88 Å². The first kappa shape index (κ1) is 13.4. The van der Waals surface area contributed by atoms with Gasteiger partial charge in [-0.1, -0.05) is 6.07 Å². The quantitative estimate of drug-likeness (QED) is 0.898. The van der Waals surface area contributed by atoms with E-state index in [9.17, 15) is 9.90 Å². The van der Waals surface area contributed by atoms with Crippen molar-refractivity contribution in [3.05, 3.63) is 39.8 Å². The second kappa shape index (κ2) is 5.71. The normalized spacial score (nSPS) is 10.2. The third kappa shape index (κ3) is 3.03. The van der Waals surface area contributed by atoms with Crippen LogP contribution in [0.5, 0.6) is 11.5 Å². The second-order valence-electron chi connectivity index (χ2n) is 3.96. The predicted octanol–water partition coefficient (Wildman–Crippen LogP) is 2.10. The van der Waals surface area contributed by atoms with Crippen molar-refractivity contribution in [2.75, 3.05) is 7.11 Å². The van der Waals surface area contributed by atoms with Crippen molar-refractivity contribution >= 4 is 17.2 Å². The number of hydrogen-bond donors (Lipinski definition) is 2. The largest absolute Gasteiger partial charge is 0.504 e. The van der Waals surface area contributed by atoms with E-state index in [4.69, 9.17) is 4.74 Å². The fourth-order valence-electron chi connectivity index (χ4n) is 1.61. The number of aryl methyl sites for hydroxylation is 1. The van der Waals surface area contributed by atoms with E-state index in [1.807, 2.05) is 0 Å². The zero-order chi connectivity index (χ0) is 13.8. The smallest absolute Gasteiger partial charge is 0.263 e. The van der Waals surface area contributed by atoms with Gasteiger partial charge in [0.2, 0.25) is 0 Å². The number of carbonyl (C=O) groups is 1. The molecule has 0 bridgehead atoms. The van der Waals surface area contributed by atoms with Crippen LogP contribution in [0, 0.1) is 6.92 Å². The fraction of sp³-hybridized carbons (Fsp3) is 0.231. The van der Waals surface area contributed by atoms with Crippen LogP contribution in [0.3, 0.4) is 0 Å². The summed E-state index contributed by atoms with van der Waals surface area (Å²) in [7, 11) is 1.48. The van der Waals surface area contributed by atoms with Gasteiger partial charge in [0, 0.05) is 6.54 Å². The maximum absolute atomic E-state index is 11.9. The topological polar surface area (TPSA) is 71.5 Å². The number of hydrogen-bond acceptors (Lipinski definition) is 5. The molecule has 5 nitrogen and oxygen atoms in total. The number of aromatic nitrogens is 1. The van der Waals surface area contributed by atoms with Gasteiger partial charge in [-0.25, -0.2) is 4.98 Å². The minimum absolute atomic E-state index is 0.0795. The number of amides is 1. The average molecular weight is 278 g/mol. The molecule has 1 aromatic carbocycles. The van der Waals surface area contributed by atoms with Crippen molar-refractivity contribution in [3.63, 3.8) is 0 Å². The summed E-state index contributed by atoms with van der Waals surface area (Å²) in [4.78, 5) is 16.6. The van der Waals surface area contributed by atoms with Crippen LogP contribution < -0.4 is 10.1 Å². The van der Waals surface area contributed by atoms with Gasteiger partial charge in [0.05, 0.1) is 18.3 Å². The molecule has 2 aromatic rings. The van der Waals surface area contributed by atoms with Crippen molar-refractivity contribution < 1.29 is 14.6 Å². The van der Waals surface area contributed by atoms with E-state index in [1.54, 1.807) is 24.6 Å². The number of phenolic OH excluding ortho intramolecular Hbond substituents is 1. The highest BCUT2D eigenvalue weighted by atomic mass is 32.1. The van der Waals surface area contributed by atoms with E-state index in [1.165, 1.54) is 24.5 Å². The monoisotopic (exact) mass is 278 g/mol. The van der Waals surface area contributed by atoms with Gasteiger partial charge < -0.3 is 15.2 Å². The average Bonchev–Trinajstić information content (AvgIpc) is 2.83. The van der Waals surface area contributed by atoms with Crippen LogP contribution in [0.4, 0.5) is 0 Å². The second-order valence-corrected chi connectivity index (χ2v) is 4.81. The maximum atomic E-state index is 11.9. The van der Waals surface area contributed by atoms with Crippen LogP contribution >= 0.6 is 11.3 Å². The first-order chi connectivity index (χ1) is 9.11. The van der Waals surface area contributed by atoms with Crippen molar-refractivity contribution in [1.29, 1.82) is 0 Å². The number of carbonyl (C=O) groups excluding carboxylic acids is 1. The van der Waals surface area contributed by atoms with Crippen LogP contribution in [-0.2, 0) is 6.54 Å². The Morgan fingerprint density at radius 1 is 1.53 bits per heavy atom. The molecule has 0 aliphatic rings. The Hall–Kier alpha value is -2.08. The number of ether oxygens (including phenoxy) is 1. The molecule has 0 unspecified atom stereocenters. The summed E-state index contributed by atoms with van der Waals surface area (Å²) in [5, 5.41) is 12.3. The van der Waals surface area contributed by atoms with Crippen molar-refractivity contribution in [1.82, 2.24) is 10.3 Å². The van der Waals surface area contributed by atoms with E-state index in [-0.39, 0.29) is 11.7 Å². The molecule has 0 aliphatic carbocycles. The van der Waals surface area contributed by atoms with Gasteiger partial charge in [0.15, 0.2) is 11.5 Å². The number of benzene rings is 1. The van der Waals surface area contributed by atoms with Crippen molar-refractivity contribution in [2.45, 2.75) is 13.5 Å². The summed E-state index contributed by atoms with van der Waals surface area (Å²) in [5.41, 5.74) is 3.23. The standard InChI is InChI=1S/C13H14N2O3S/c1-8-12(19-7-15-8)13(17)14-6-9-3-4-10(16)11(5-9)18-2/h3-5,7,16H,6H2,1-2H3,(H,14,17). The van der Waals surface area contributed by atoms with E-state index in [0.29, 0.717) is 17.2 Å². The third-order valence-electron chi connectivity index (χ3n) is 2.65. The van der Waals surface area contributed by atoms with Gasteiger partial charge in [-0.05, 0) is 24.6 Å². The number of methoxy groups -OCH3 is 1. The molecule has 0 saturated carbocycles. The van der Waals surface area contributed by atoms with E-state index < -0.39 is 0 Å². The van der Waals surface area contributed by atoms with Gasteiger partial charge in [-0.2, -0.15) is 0 Å². The fourth-order valence-corrected chi connectivity index (χ4v) is 2.33. The predicted molar refractivity (Wildman–Crippen MR) is 72.7 cm³/mol. The summed E-state index contributed by atoms with van der Waals surface area (Å²) in [6.07, 6.45) is 0. The van der Waals surface area contributed by atoms with Gasteiger partial charge in [0.25, 0.3) is 5.91 Å². The zero-order valence-corrected chi connectivity index (χ0v) is 11.5. The lowest BCUT2D eigenvalue weighted by Gasteiger charge is -2.07. The molecule has 1 amide bonds. The SMILES string of the molecule is COc1cc(CNC(=O)c2scnc2C)ccc1O. The Balaban J connectivity index is 2.03. The van der Waals surface area contributed by atoms with Gasteiger partial charge in [-0.15, -0.1) is 11.3 Å². The summed E-state index contributed by atoms with van der Waals surface area (Å²) < 4.78 is 5.01. The number of nitrogens with one attached hydrogen (secondary N) is 1.